The third-order valence-corrected chi connectivity index (χ3v) is 3.96. The van der Waals surface area contributed by atoms with Crippen LogP contribution in [0.3, 0.4) is 0 Å². The van der Waals surface area contributed by atoms with Crippen LogP contribution in [-0.4, -0.2) is 54.1 Å². The molecule has 146 valence electrons. The van der Waals surface area contributed by atoms with Crippen molar-refractivity contribution in [1.82, 2.24) is 15.2 Å². The lowest BCUT2D eigenvalue weighted by atomic mass is 9.99. The van der Waals surface area contributed by atoms with Gasteiger partial charge in [0.15, 0.2) is 0 Å². The molecule has 1 aromatic carbocycles. The van der Waals surface area contributed by atoms with Crippen LogP contribution >= 0.6 is 0 Å². The molecule has 0 aliphatic heterocycles. The number of carbonyl (C=O) groups is 1. The molecule has 1 aromatic heterocycles. The summed E-state index contributed by atoms with van der Waals surface area (Å²) < 4.78 is 37.7. The van der Waals surface area contributed by atoms with Crippen molar-refractivity contribution in [1.29, 1.82) is 0 Å². The normalized spacial score (nSPS) is 13.6. The van der Waals surface area contributed by atoms with Crippen molar-refractivity contribution in [3.8, 4) is 11.1 Å². The van der Waals surface area contributed by atoms with E-state index in [9.17, 15) is 23.1 Å². The number of hydrogen-bond acceptors (Lipinski definition) is 4. The van der Waals surface area contributed by atoms with E-state index in [0.717, 1.165) is 23.4 Å². The minimum absolute atomic E-state index is 0.313. The van der Waals surface area contributed by atoms with Crippen molar-refractivity contribution < 1.29 is 23.1 Å². The summed E-state index contributed by atoms with van der Waals surface area (Å²) in [4.78, 5) is 17.4. The number of nitrogens with zero attached hydrogens (tertiary/aromatic N) is 2. The molecule has 2 aromatic rings. The van der Waals surface area contributed by atoms with E-state index in [2.05, 4.69) is 4.98 Å². The van der Waals surface area contributed by atoms with Gasteiger partial charge in [-0.1, -0.05) is 30.3 Å². The van der Waals surface area contributed by atoms with Gasteiger partial charge >= 0.3 is 6.43 Å². The lowest BCUT2D eigenvalue weighted by Gasteiger charge is -2.22. The molecule has 2 rings (SSSR count). The second kappa shape index (κ2) is 9.48. The third kappa shape index (κ3) is 5.77. The molecular formula is C19H22F3N3O2. The van der Waals surface area contributed by atoms with Crippen molar-refractivity contribution in [2.45, 2.75) is 25.1 Å². The third-order valence-electron chi connectivity index (χ3n) is 3.96. The van der Waals surface area contributed by atoms with E-state index in [1.54, 1.807) is 35.8 Å². The molecule has 0 fully saturated rings. The first-order valence-electron chi connectivity index (χ1n) is 8.34. The Hall–Kier alpha value is -2.45. The summed E-state index contributed by atoms with van der Waals surface area (Å²) in [6.07, 6.45) is -2.97. The molecule has 0 aliphatic rings. The summed E-state index contributed by atoms with van der Waals surface area (Å²) in [5.74, 6) is -1.61. The Labute approximate surface area is 155 Å². The molecule has 27 heavy (non-hydrogen) atoms. The van der Waals surface area contributed by atoms with Crippen LogP contribution in [0.2, 0.25) is 0 Å². The van der Waals surface area contributed by atoms with E-state index < -0.39 is 31.2 Å². The van der Waals surface area contributed by atoms with Gasteiger partial charge in [-0.15, -0.1) is 0 Å². The molecule has 8 heteroatoms. The summed E-state index contributed by atoms with van der Waals surface area (Å²) in [5.41, 5.74) is 2.94. The van der Waals surface area contributed by atoms with Gasteiger partial charge in [-0.2, -0.15) is 8.78 Å². The van der Waals surface area contributed by atoms with Crippen LogP contribution in [0.15, 0.2) is 42.6 Å². The molecule has 1 heterocycles. The first-order valence-corrected chi connectivity index (χ1v) is 8.34. The van der Waals surface area contributed by atoms with Crippen LogP contribution in [-0.2, 0) is 11.3 Å². The van der Waals surface area contributed by atoms with Crippen molar-refractivity contribution >= 4 is 5.91 Å². The molecule has 0 bridgehead atoms. The van der Waals surface area contributed by atoms with Gasteiger partial charge < -0.3 is 15.3 Å². The van der Waals surface area contributed by atoms with Gasteiger partial charge in [0, 0.05) is 18.3 Å². The number of nitrogens with one attached hydrogen (secondary N) is 1. The lowest BCUT2D eigenvalue weighted by Crippen LogP contribution is -2.43. The Kier molecular flexibility index (Phi) is 7.32. The van der Waals surface area contributed by atoms with Crippen LogP contribution in [0.25, 0.3) is 11.1 Å². The zero-order valence-corrected chi connectivity index (χ0v) is 15.1. The summed E-state index contributed by atoms with van der Waals surface area (Å²) in [5, 5.41) is 12.0. The maximum Gasteiger partial charge on any atom is 0.315 e. The van der Waals surface area contributed by atoms with Gasteiger partial charge in [0.05, 0.1) is 11.7 Å². The average molecular weight is 381 g/mol. The van der Waals surface area contributed by atoms with E-state index in [4.69, 9.17) is 0 Å². The maximum absolute atomic E-state index is 13.1. The molecule has 0 aliphatic carbocycles. The van der Waals surface area contributed by atoms with E-state index in [1.807, 2.05) is 31.1 Å². The van der Waals surface area contributed by atoms with Gasteiger partial charge in [0.1, 0.15) is 12.8 Å². The second-order valence-electron chi connectivity index (χ2n) is 6.41. The van der Waals surface area contributed by atoms with Crippen LogP contribution in [0.1, 0.15) is 17.4 Å². The van der Waals surface area contributed by atoms with E-state index in [1.165, 1.54) is 0 Å². The number of amides is 1. The number of pyridine rings is 1. The first-order chi connectivity index (χ1) is 12.8. The highest BCUT2D eigenvalue weighted by molar-refractivity contribution is 5.79. The summed E-state index contributed by atoms with van der Waals surface area (Å²) in [7, 11) is 3.90. The molecular weight excluding hydrogens is 359 g/mol. The van der Waals surface area contributed by atoms with Crippen LogP contribution in [0.4, 0.5) is 13.2 Å². The monoisotopic (exact) mass is 381 g/mol. The highest BCUT2D eigenvalue weighted by Gasteiger charge is 2.26. The average Bonchev–Trinajstić information content (AvgIpc) is 2.65. The highest BCUT2D eigenvalue weighted by atomic mass is 19.3. The molecule has 1 amide bonds. The Morgan fingerprint density at radius 1 is 1.15 bits per heavy atom. The van der Waals surface area contributed by atoms with Gasteiger partial charge in [-0.05, 0) is 31.3 Å². The fourth-order valence-corrected chi connectivity index (χ4v) is 2.57. The topological polar surface area (TPSA) is 65.5 Å². The molecule has 5 nitrogen and oxygen atoms in total. The fourth-order valence-electron chi connectivity index (χ4n) is 2.57. The van der Waals surface area contributed by atoms with Crippen molar-refractivity contribution in [3.63, 3.8) is 0 Å². The Balaban J connectivity index is 2.10. The second-order valence-corrected chi connectivity index (χ2v) is 6.41. The predicted octanol–water partition coefficient (Wildman–Crippen LogP) is 2.56. The molecule has 2 N–H and O–H groups in total. The predicted molar refractivity (Wildman–Crippen MR) is 95.9 cm³/mol. The number of carbonyl (C=O) groups excluding carboxylic acids is 1. The lowest BCUT2D eigenvalue weighted by molar-refractivity contribution is -0.133. The van der Waals surface area contributed by atoms with E-state index in [0.29, 0.717) is 5.56 Å². The number of rotatable bonds is 8. The standard InChI is InChI=1S/C19H22F3N3O2/c1-25(2)11-15-8-7-14(10-23-15)12-3-5-13(6-4-12)17(26)16(9-20)24-19(27)18(21)22/h3-8,10,16-18,26H,9,11H2,1-2H3,(H,24,27)/t16-,17+/m0/s1. The number of halogens is 3. The van der Waals surface area contributed by atoms with Gasteiger partial charge in [0.2, 0.25) is 0 Å². The first kappa shape index (κ1) is 20.9. The summed E-state index contributed by atoms with van der Waals surface area (Å²) >= 11 is 0. The number of alkyl halides is 3. The Bertz CT molecular complexity index is 737. The molecule has 0 saturated heterocycles. The van der Waals surface area contributed by atoms with E-state index in [-0.39, 0.29) is 0 Å². The molecule has 0 spiro atoms. The minimum atomic E-state index is -3.27. The smallest absolute Gasteiger partial charge is 0.315 e. The zero-order chi connectivity index (χ0) is 20.0. The fraction of sp³-hybridized carbons (Fsp3) is 0.368. The van der Waals surface area contributed by atoms with Crippen molar-refractivity contribution in [2.24, 2.45) is 0 Å². The van der Waals surface area contributed by atoms with Gasteiger partial charge in [0.25, 0.3) is 5.91 Å². The van der Waals surface area contributed by atoms with Gasteiger partial charge in [-0.25, -0.2) is 4.39 Å². The Morgan fingerprint density at radius 3 is 2.26 bits per heavy atom. The highest BCUT2D eigenvalue weighted by Crippen LogP contribution is 2.23. The number of benzene rings is 1. The van der Waals surface area contributed by atoms with Gasteiger partial charge in [-0.3, -0.25) is 9.78 Å². The number of aliphatic hydroxyl groups excluding tert-OH is 1. The van der Waals surface area contributed by atoms with Crippen LogP contribution in [0, 0.1) is 0 Å². The molecule has 0 unspecified atom stereocenters. The Morgan fingerprint density at radius 2 is 1.78 bits per heavy atom. The minimum Gasteiger partial charge on any atom is -0.386 e. The zero-order valence-electron chi connectivity index (χ0n) is 15.1. The SMILES string of the molecule is CN(C)Cc1ccc(-c2ccc([C@@H](O)[C@H](CF)NC(=O)C(F)F)cc2)cn1. The quantitative estimate of drug-likeness (QED) is 0.738. The number of aromatic nitrogens is 1. The van der Waals surface area contributed by atoms with Crippen molar-refractivity contribution in [2.75, 3.05) is 20.8 Å². The number of hydrogen-bond donors (Lipinski definition) is 2. The van der Waals surface area contributed by atoms with Crippen LogP contribution < -0.4 is 5.32 Å². The van der Waals surface area contributed by atoms with Crippen molar-refractivity contribution in [3.05, 3.63) is 53.9 Å². The molecule has 0 saturated carbocycles. The summed E-state index contributed by atoms with van der Waals surface area (Å²) in [6, 6.07) is 8.94. The van der Waals surface area contributed by atoms with E-state index >= 15 is 0 Å². The number of aliphatic hydroxyl groups is 1. The van der Waals surface area contributed by atoms with Crippen LogP contribution in [0.5, 0.6) is 0 Å². The molecule has 2 atom stereocenters. The molecule has 0 radical (unpaired) electrons. The summed E-state index contributed by atoms with van der Waals surface area (Å²) in [6.45, 7) is -0.445. The largest absolute Gasteiger partial charge is 0.386 e. The maximum atomic E-state index is 13.1.